The zero-order chi connectivity index (χ0) is 13.8. The number of nitrogen functional groups attached to an aromatic ring is 1. The summed E-state index contributed by atoms with van der Waals surface area (Å²) in [5.41, 5.74) is 7.62. The highest BCUT2D eigenvalue weighted by Gasteiger charge is 2.07. The molecule has 0 aliphatic rings. The average Bonchev–Trinajstić information content (AvgIpc) is 2.40. The minimum atomic E-state index is 0.576. The fourth-order valence-electron chi connectivity index (χ4n) is 1.80. The highest BCUT2D eigenvalue weighted by Crippen LogP contribution is 2.18. The summed E-state index contributed by atoms with van der Waals surface area (Å²) in [6.07, 6.45) is 0. The molecule has 2 N–H and O–H groups in total. The van der Waals surface area contributed by atoms with E-state index in [1.165, 1.54) is 5.56 Å². The maximum absolute atomic E-state index is 5.68. The number of hydrogen-bond donors (Lipinski definition) is 1. The summed E-state index contributed by atoms with van der Waals surface area (Å²) in [4.78, 5) is 10.6. The van der Waals surface area contributed by atoms with Crippen LogP contribution in [0.25, 0.3) is 0 Å². The molecule has 0 spiro atoms. The molecule has 5 heteroatoms. The Morgan fingerprint density at radius 2 is 1.89 bits per heavy atom. The van der Waals surface area contributed by atoms with Gasteiger partial charge in [-0.3, -0.25) is 0 Å². The SMILES string of the molecule is COc1cc(N(C)Cc2ccc(N)cc2)nc(C)n1. The second-order valence-electron chi connectivity index (χ2n) is 4.41. The second kappa shape index (κ2) is 5.56. The summed E-state index contributed by atoms with van der Waals surface area (Å²) in [6.45, 7) is 2.60. The Morgan fingerprint density at radius 1 is 1.21 bits per heavy atom. The molecule has 1 aromatic carbocycles. The number of rotatable bonds is 4. The summed E-state index contributed by atoms with van der Waals surface area (Å²) >= 11 is 0. The molecular weight excluding hydrogens is 240 g/mol. The minimum absolute atomic E-state index is 0.576. The zero-order valence-corrected chi connectivity index (χ0v) is 11.4. The van der Waals surface area contributed by atoms with Gasteiger partial charge in [0.25, 0.3) is 0 Å². The van der Waals surface area contributed by atoms with E-state index in [0.717, 1.165) is 18.1 Å². The lowest BCUT2D eigenvalue weighted by atomic mass is 10.2. The van der Waals surface area contributed by atoms with Crippen LogP contribution in [0.15, 0.2) is 30.3 Å². The number of aryl methyl sites for hydroxylation is 1. The number of ether oxygens (including phenoxy) is 1. The van der Waals surface area contributed by atoms with E-state index < -0.39 is 0 Å². The van der Waals surface area contributed by atoms with E-state index in [-0.39, 0.29) is 0 Å². The lowest BCUT2D eigenvalue weighted by Crippen LogP contribution is -2.18. The zero-order valence-electron chi connectivity index (χ0n) is 11.4. The molecule has 1 heterocycles. The number of anilines is 2. The van der Waals surface area contributed by atoms with E-state index in [2.05, 4.69) is 9.97 Å². The average molecular weight is 258 g/mol. The Labute approximate surface area is 113 Å². The standard InChI is InChI=1S/C14H18N4O/c1-10-16-13(8-14(17-10)19-3)18(2)9-11-4-6-12(15)7-5-11/h4-8H,9,15H2,1-3H3. The van der Waals surface area contributed by atoms with Gasteiger partial charge in [0.15, 0.2) is 0 Å². The third kappa shape index (κ3) is 3.34. The van der Waals surface area contributed by atoms with Crippen molar-refractivity contribution in [3.05, 3.63) is 41.7 Å². The van der Waals surface area contributed by atoms with E-state index in [1.54, 1.807) is 7.11 Å². The van der Waals surface area contributed by atoms with E-state index >= 15 is 0 Å². The van der Waals surface area contributed by atoms with Gasteiger partial charge in [-0.25, -0.2) is 4.98 Å². The lowest BCUT2D eigenvalue weighted by Gasteiger charge is -2.19. The molecule has 0 aliphatic carbocycles. The topological polar surface area (TPSA) is 64.3 Å². The van der Waals surface area contributed by atoms with Crippen LogP contribution in [0, 0.1) is 6.92 Å². The van der Waals surface area contributed by atoms with Crippen LogP contribution in [0.5, 0.6) is 5.88 Å². The molecule has 2 aromatic rings. The van der Waals surface area contributed by atoms with Gasteiger partial charge >= 0.3 is 0 Å². The van der Waals surface area contributed by atoms with Crippen LogP contribution in [-0.2, 0) is 6.54 Å². The molecule has 0 radical (unpaired) electrons. The third-order valence-electron chi connectivity index (χ3n) is 2.80. The molecule has 19 heavy (non-hydrogen) atoms. The van der Waals surface area contributed by atoms with E-state index in [1.807, 2.05) is 49.2 Å². The van der Waals surface area contributed by atoms with Crippen LogP contribution < -0.4 is 15.4 Å². The Morgan fingerprint density at radius 3 is 2.53 bits per heavy atom. The Hall–Kier alpha value is -2.30. The summed E-state index contributed by atoms with van der Waals surface area (Å²) in [6, 6.07) is 9.64. The molecule has 0 bridgehead atoms. The van der Waals surface area contributed by atoms with Crippen molar-refractivity contribution in [2.45, 2.75) is 13.5 Å². The van der Waals surface area contributed by atoms with Crippen LogP contribution in [0.3, 0.4) is 0 Å². The largest absolute Gasteiger partial charge is 0.481 e. The summed E-state index contributed by atoms with van der Waals surface area (Å²) in [7, 11) is 3.59. The first-order valence-corrected chi connectivity index (χ1v) is 6.03. The summed E-state index contributed by atoms with van der Waals surface area (Å²) < 4.78 is 5.16. The fourth-order valence-corrected chi connectivity index (χ4v) is 1.80. The molecule has 0 saturated heterocycles. The number of methoxy groups -OCH3 is 1. The van der Waals surface area contributed by atoms with Gasteiger partial charge in [-0.15, -0.1) is 0 Å². The van der Waals surface area contributed by atoms with Gasteiger partial charge in [-0.2, -0.15) is 4.98 Å². The van der Waals surface area contributed by atoms with E-state index in [4.69, 9.17) is 10.5 Å². The number of nitrogens with zero attached hydrogens (tertiary/aromatic N) is 3. The molecule has 0 fully saturated rings. The van der Waals surface area contributed by atoms with Crippen molar-refractivity contribution < 1.29 is 4.74 Å². The molecule has 0 amide bonds. The quantitative estimate of drug-likeness (QED) is 0.850. The summed E-state index contributed by atoms with van der Waals surface area (Å²) in [5, 5.41) is 0. The van der Waals surface area contributed by atoms with Gasteiger partial charge in [-0.05, 0) is 24.6 Å². The molecule has 1 aromatic heterocycles. The van der Waals surface area contributed by atoms with E-state index in [0.29, 0.717) is 11.7 Å². The van der Waals surface area contributed by atoms with Crippen molar-refractivity contribution in [1.82, 2.24) is 9.97 Å². The molecule has 2 rings (SSSR count). The van der Waals surface area contributed by atoms with Crippen molar-refractivity contribution in [3.63, 3.8) is 0 Å². The smallest absolute Gasteiger partial charge is 0.218 e. The van der Waals surface area contributed by atoms with Gasteiger partial charge in [0, 0.05) is 25.3 Å². The number of nitrogens with two attached hydrogens (primary N) is 1. The lowest BCUT2D eigenvalue weighted by molar-refractivity contribution is 0.395. The number of aromatic nitrogens is 2. The minimum Gasteiger partial charge on any atom is -0.481 e. The van der Waals surface area contributed by atoms with Crippen LogP contribution in [0.2, 0.25) is 0 Å². The number of hydrogen-bond acceptors (Lipinski definition) is 5. The Balaban J connectivity index is 2.17. The maximum Gasteiger partial charge on any atom is 0.218 e. The first-order valence-electron chi connectivity index (χ1n) is 6.03. The molecule has 0 aliphatic heterocycles. The van der Waals surface area contributed by atoms with Gasteiger partial charge in [0.2, 0.25) is 5.88 Å². The molecular formula is C14H18N4O. The molecule has 0 unspecified atom stereocenters. The van der Waals surface area contributed by atoms with Crippen molar-refractivity contribution >= 4 is 11.5 Å². The van der Waals surface area contributed by atoms with Crippen molar-refractivity contribution in [2.24, 2.45) is 0 Å². The van der Waals surface area contributed by atoms with Gasteiger partial charge in [-0.1, -0.05) is 12.1 Å². The normalized spacial score (nSPS) is 10.3. The molecule has 0 atom stereocenters. The fraction of sp³-hybridized carbons (Fsp3) is 0.286. The summed E-state index contributed by atoms with van der Waals surface area (Å²) in [5.74, 6) is 2.10. The van der Waals surface area contributed by atoms with Gasteiger partial charge in [0.05, 0.1) is 7.11 Å². The molecule has 0 saturated carbocycles. The molecule has 5 nitrogen and oxygen atoms in total. The first-order chi connectivity index (χ1) is 9.08. The van der Waals surface area contributed by atoms with Crippen molar-refractivity contribution in [1.29, 1.82) is 0 Å². The highest BCUT2D eigenvalue weighted by atomic mass is 16.5. The second-order valence-corrected chi connectivity index (χ2v) is 4.41. The molecule has 100 valence electrons. The van der Waals surface area contributed by atoms with Crippen molar-refractivity contribution in [2.75, 3.05) is 24.8 Å². The van der Waals surface area contributed by atoms with Crippen LogP contribution in [-0.4, -0.2) is 24.1 Å². The highest BCUT2D eigenvalue weighted by molar-refractivity contribution is 5.44. The monoisotopic (exact) mass is 258 g/mol. The Bertz CT molecular complexity index is 554. The third-order valence-corrected chi connectivity index (χ3v) is 2.80. The number of benzene rings is 1. The van der Waals surface area contributed by atoms with Crippen LogP contribution in [0.4, 0.5) is 11.5 Å². The van der Waals surface area contributed by atoms with Crippen molar-refractivity contribution in [3.8, 4) is 5.88 Å². The van der Waals surface area contributed by atoms with E-state index in [9.17, 15) is 0 Å². The van der Waals surface area contributed by atoms with Crippen LogP contribution >= 0.6 is 0 Å². The van der Waals surface area contributed by atoms with Gasteiger partial charge < -0.3 is 15.4 Å². The predicted octanol–water partition coefficient (Wildman–Crippen LogP) is 2.01. The predicted molar refractivity (Wildman–Crippen MR) is 76.3 cm³/mol. The first kappa shape index (κ1) is 13.1. The maximum atomic E-state index is 5.68. The van der Waals surface area contributed by atoms with Gasteiger partial charge in [0.1, 0.15) is 11.6 Å². The Kier molecular flexibility index (Phi) is 3.85. The van der Waals surface area contributed by atoms with Crippen LogP contribution in [0.1, 0.15) is 11.4 Å².